The molecule has 17 heavy (non-hydrogen) atoms. The minimum atomic E-state index is 0.127. The number of nitrogens with two attached hydrogens (primary N) is 1. The van der Waals surface area contributed by atoms with Gasteiger partial charge >= 0.3 is 0 Å². The molecule has 6 nitrogen and oxygen atoms in total. The van der Waals surface area contributed by atoms with E-state index in [4.69, 9.17) is 15.2 Å². The van der Waals surface area contributed by atoms with E-state index in [9.17, 15) is 0 Å². The summed E-state index contributed by atoms with van der Waals surface area (Å²) in [4.78, 5) is 8.33. The Kier molecular flexibility index (Phi) is 5.65. The molecule has 0 spiro atoms. The molecule has 0 bridgehead atoms. The molecule has 1 aromatic rings. The van der Waals surface area contributed by atoms with Gasteiger partial charge in [-0.25, -0.2) is 9.97 Å². The van der Waals surface area contributed by atoms with Crippen molar-refractivity contribution in [3.63, 3.8) is 0 Å². The van der Waals surface area contributed by atoms with Crippen molar-refractivity contribution in [2.45, 2.75) is 26.6 Å². The zero-order valence-electron chi connectivity index (χ0n) is 10.6. The van der Waals surface area contributed by atoms with Crippen molar-refractivity contribution in [2.75, 3.05) is 31.3 Å². The number of nitrogen functional groups attached to an aromatic ring is 1. The van der Waals surface area contributed by atoms with Crippen LogP contribution in [0, 0.1) is 0 Å². The maximum atomic E-state index is 5.68. The molecule has 96 valence electrons. The number of hydrogen-bond donors (Lipinski definition) is 2. The molecule has 0 saturated carbocycles. The second kappa shape index (κ2) is 7.03. The van der Waals surface area contributed by atoms with Crippen LogP contribution in [0.15, 0.2) is 6.07 Å². The zero-order chi connectivity index (χ0) is 12.7. The lowest BCUT2D eigenvalue weighted by molar-refractivity contribution is 0.0854. The lowest BCUT2D eigenvalue weighted by Gasteiger charge is -2.13. The number of ether oxygens (including phenoxy) is 2. The van der Waals surface area contributed by atoms with Crippen LogP contribution >= 0.6 is 0 Å². The van der Waals surface area contributed by atoms with E-state index in [-0.39, 0.29) is 6.10 Å². The molecule has 0 aromatic carbocycles. The van der Waals surface area contributed by atoms with Gasteiger partial charge in [0.15, 0.2) is 5.82 Å². The van der Waals surface area contributed by atoms with Crippen molar-refractivity contribution in [2.24, 2.45) is 0 Å². The summed E-state index contributed by atoms with van der Waals surface area (Å²) in [6.45, 7) is 5.69. The summed E-state index contributed by atoms with van der Waals surface area (Å²) in [5.74, 6) is 1.69. The van der Waals surface area contributed by atoms with E-state index in [0.717, 1.165) is 0 Å². The van der Waals surface area contributed by atoms with E-state index in [1.54, 1.807) is 13.2 Å². The average Bonchev–Trinajstić information content (AvgIpc) is 2.26. The van der Waals surface area contributed by atoms with Crippen LogP contribution in [0.3, 0.4) is 0 Å². The van der Waals surface area contributed by atoms with Crippen LogP contribution in [0.5, 0.6) is 0 Å². The third-order valence-corrected chi connectivity index (χ3v) is 2.09. The highest BCUT2D eigenvalue weighted by atomic mass is 16.5. The summed E-state index contributed by atoms with van der Waals surface area (Å²) >= 11 is 0. The monoisotopic (exact) mass is 240 g/mol. The Labute approximate surface area is 102 Å². The second-order valence-corrected chi connectivity index (χ2v) is 3.67. The normalized spacial score (nSPS) is 12.4. The molecule has 0 aliphatic carbocycles. The molecule has 1 heterocycles. The number of aromatic nitrogens is 2. The van der Waals surface area contributed by atoms with Crippen molar-refractivity contribution in [3.8, 4) is 0 Å². The highest BCUT2D eigenvalue weighted by Gasteiger charge is 2.04. The van der Waals surface area contributed by atoms with Crippen LogP contribution in [0.2, 0.25) is 0 Å². The smallest absolute Gasteiger partial charge is 0.158 e. The Morgan fingerprint density at radius 1 is 1.47 bits per heavy atom. The molecule has 1 rings (SSSR count). The van der Waals surface area contributed by atoms with Crippen molar-refractivity contribution < 1.29 is 9.47 Å². The summed E-state index contributed by atoms with van der Waals surface area (Å²) in [6.07, 6.45) is 0.127. The van der Waals surface area contributed by atoms with Crippen LogP contribution < -0.4 is 11.1 Å². The number of nitrogens with one attached hydrogen (secondary N) is 1. The second-order valence-electron chi connectivity index (χ2n) is 3.67. The Morgan fingerprint density at radius 3 is 2.88 bits per heavy atom. The summed E-state index contributed by atoms with van der Waals surface area (Å²) in [5, 5.41) is 3.16. The molecule has 1 atom stereocenters. The van der Waals surface area contributed by atoms with Gasteiger partial charge in [0.1, 0.15) is 18.2 Å². The van der Waals surface area contributed by atoms with Crippen LogP contribution in [0.4, 0.5) is 11.6 Å². The third kappa shape index (κ3) is 4.97. The summed E-state index contributed by atoms with van der Waals surface area (Å²) in [6, 6.07) is 1.69. The van der Waals surface area contributed by atoms with Gasteiger partial charge < -0.3 is 20.5 Å². The largest absolute Gasteiger partial charge is 0.384 e. The van der Waals surface area contributed by atoms with Gasteiger partial charge in [0, 0.05) is 26.3 Å². The predicted molar refractivity (Wildman–Crippen MR) is 66.7 cm³/mol. The zero-order valence-corrected chi connectivity index (χ0v) is 10.6. The first kappa shape index (κ1) is 13.7. The standard InChI is InChI=1S/C11H20N4O2/c1-4-17-8(2)6-13-10-5-9(12)14-11(15-10)7-16-3/h5,8H,4,6-7H2,1-3H3,(H3,12,13,14,15). The van der Waals surface area contributed by atoms with Gasteiger partial charge in [-0.05, 0) is 13.8 Å². The molecular weight excluding hydrogens is 220 g/mol. The maximum absolute atomic E-state index is 5.68. The molecule has 3 N–H and O–H groups in total. The van der Waals surface area contributed by atoms with E-state index >= 15 is 0 Å². The summed E-state index contributed by atoms with van der Waals surface area (Å²) < 4.78 is 10.4. The number of nitrogens with zero attached hydrogens (tertiary/aromatic N) is 2. The van der Waals surface area contributed by atoms with E-state index in [0.29, 0.717) is 37.2 Å². The highest BCUT2D eigenvalue weighted by Crippen LogP contribution is 2.09. The fourth-order valence-corrected chi connectivity index (χ4v) is 1.39. The molecule has 0 amide bonds. The number of rotatable bonds is 7. The molecule has 6 heteroatoms. The Balaban J connectivity index is 2.57. The Morgan fingerprint density at radius 2 is 2.24 bits per heavy atom. The van der Waals surface area contributed by atoms with E-state index in [2.05, 4.69) is 15.3 Å². The van der Waals surface area contributed by atoms with Crippen LogP contribution in [-0.4, -0.2) is 36.3 Å². The van der Waals surface area contributed by atoms with Gasteiger partial charge in [0.2, 0.25) is 0 Å². The fraction of sp³-hybridized carbons (Fsp3) is 0.636. The molecule has 0 saturated heterocycles. The molecule has 1 unspecified atom stereocenters. The van der Waals surface area contributed by atoms with E-state index in [1.807, 2.05) is 13.8 Å². The van der Waals surface area contributed by atoms with Gasteiger partial charge in [-0.1, -0.05) is 0 Å². The first-order valence-corrected chi connectivity index (χ1v) is 5.63. The van der Waals surface area contributed by atoms with Crippen LogP contribution in [0.25, 0.3) is 0 Å². The quantitative estimate of drug-likeness (QED) is 0.741. The SMILES string of the molecule is CCOC(C)CNc1cc(N)nc(COC)n1. The lowest BCUT2D eigenvalue weighted by Crippen LogP contribution is -2.20. The maximum Gasteiger partial charge on any atom is 0.158 e. The topological polar surface area (TPSA) is 82.3 Å². The Hall–Kier alpha value is -1.40. The number of anilines is 2. The first-order valence-electron chi connectivity index (χ1n) is 5.63. The van der Waals surface area contributed by atoms with Gasteiger partial charge in [-0.2, -0.15) is 0 Å². The summed E-state index contributed by atoms with van der Waals surface area (Å²) in [7, 11) is 1.59. The molecule has 0 fully saturated rings. The lowest BCUT2D eigenvalue weighted by atomic mass is 10.4. The molecule has 0 aliphatic rings. The number of hydrogen-bond acceptors (Lipinski definition) is 6. The average molecular weight is 240 g/mol. The molecular formula is C11H20N4O2. The number of methoxy groups -OCH3 is 1. The van der Waals surface area contributed by atoms with Crippen LogP contribution in [-0.2, 0) is 16.1 Å². The highest BCUT2D eigenvalue weighted by molar-refractivity contribution is 5.44. The van der Waals surface area contributed by atoms with Crippen LogP contribution in [0.1, 0.15) is 19.7 Å². The van der Waals surface area contributed by atoms with Crippen molar-refractivity contribution in [3.05, 3.63) is 11.9 Å². The van der Waals surface area contributed by atoms with Crippen molar-refractivity contribution in [1.29, 1.82) is 0 Å². The minimum Gasteiger partial charge on any atom is -0.384 e. The van der Waals surface area contributed by atoms with Gasteiger partial charge in [0.05, 0.1) is 6.10 Å². The third-order valence-electron chi connectivity index (χ3n) is 2.09. The van der Waals surface area contributed by atoms with E-state index < -0.39 is 0 Å². The molecule has 0 radical (unpaired) electrons. The minimum absolute atomic E-state index is 0.127. The fourth-order valence-electron chi connectivity index (χ4n) is 1.39. The van der Waals surface area contributed by atoms with E-state index in [1.165, 1.54) is 0 Å². The summed E-state index contributed by atoms with van der Waals surface area (Å²) in [5.41, 5.74) is 5.68. The van der Waals surface area contributed by atoms with Crippen molar-refractivity contribution in [1.82, 2.24) is 9.97 Å². The van der Waals surface area contributed by atoms with Crippen molar-refractivity contribution >= 4 is 11.6 Å². The Bertz CT molecular complexity index is 346. The van der Waals surface area contributed by atoms with Gasteiger partial charge in [0.25, 0.3) is 0 Å². The molecule has 0 aliphatic heterocycles. The predicted octanol–water partition coefficient (Wildman–Crippen LogP) is 1.04. The molecule has 1 aromatic heterocycles. The van der Waals surface area contributed by atoms with Gasteiger partial charge in [-0.15, -0.1) is 0 Å². The first-order chi connectivity index (χ1) is 8.15. The van der Waals surface area contributed by atoms with Gasteiger partial charge in [-0.3, -0.25) is 0 Å².